The third-order valence-corrected chi connectivity index (χ3v) is 6.36. The van der Waals surface area contributed by atoms with Gasteiger partial charge in [-0.15, -0.1) is 0 Å². The van der Waals surface area contributed by atoms with Crippen LogP contribution in [0.4, 0.5) is 0 Å². The summed E-state index contributed by atoms with van der Waals surface area (Å²) < 4.78 is 19.9. The van der Waals surface area contributed by atoms with E-state index in [0.29, 0.717) is 19.8 Å². The Hall–Kier alpha value is -0.403. The summed E-state index contributed by atoms with van der Waals surface area (Å²) in [7, 11) is -2.47. The van der Waals surface area contributed by atoms with Crippen LogP contribution in [0, 0.1) is 0 Å². The second-order valence-electron chi connectivity index (χ2n) is 4.66. The first-order chi connectivity index (χ1) is 9.69. The predicted octanol–water partition coefficient (Wildman–Crippen LogP) is -1.07. The van der Waals surface area contributed by atoms with Crippen LogP contribution in [-0.4, -0.2) is 64.1 Å². The van der Waals surface area contributed by atoms with Gasteiger partial charge >= 0.3 is 8.80 Å². The van der Waals surface area contributed by atoms with Crippen molar-refractivity contribution >= 4 is 15.1 Å². The monoisotopic (exact) mass is 336 g/mol. The van der Waals surface area contributed by atoms with E-state index in [4.69, 9.17) is 13.3 Å². The Morgan fingerprint density at radius 2 is 1.76 bits per heavy atom. The van der Waals surface area contributed by atoms with Gasteiger partial charge in [-0.25, -0.2) is 4.90 Å². The predicted molar refractivity (Wildman–Crippen MR) is 83.0 cm³/mol. The second-order valence-corrected chi connectivity index (χ2v) is 7.39. The molecular formula is C14H29ClN2O3Si. The Balaban J connectivity index is 0.00000400. The van der Waals surface area contributed by atoms with E-state index in [2.05, 4.69) is 22.4 Å². The first-order valence-corrected chi connectivity index (χ1v) is 9.52. The lowest BCUT2D eigenvalue weighted by molar-refractivity contribution is -0.513. The maximum atomic E-state index is 5.86. The van der Waals surface area contributed by atoms with Crippen LogP contribution in [-0.2, 0) is 13.3 Å². The Labute approximate surface area is 136 Å². The molecule has 1 aliphatic rings. The number of hydrogen-bond acceptors (Lipinski definition) is 4. The lowest BCUT2D eigenvalue weighted by Gasteiger charge is -2.28. The minimum atomic E-state index is -2.47. The first-order valence-electron chi connectivity index (χ1n) is 7.58. The van der Waals surface area contributed by atoms with Gasteiger partial charge in [-0.3, -0.25) is 4.58 Å². The van der Waals surface area contributed by atoms with E-state index in [9.17, 15) is 0 Å². The number of halogens is 1. The molecule has 0 spiro atoms. The molecule has 0 fully saturated rings. The first kappa shape index (κ1) is 20.6. The quantitative estimate of drug-likeness (QED) is 0.355. The standard InChI is InChI=1S/C14H29N2O3Si.ClH/c1-5-15-11-12-16(14-15)10-9-13-20(17-6-2,18-7-3)19-8-4;/h5,14H,1,6-13H2,2-4H3;1H/q+1;/p-1. The number of nitrogens with zero attached hydrogens (tertiary/aromatic N) is 2. The molecule has 7 heteroatoms. The van der Waals surface area contributed by atoms with E-state index >= 15 is 0 Å². The molecule has 5 nitrogen and oxygen atoms in total. The van der Waals surface area contributed by atoms with E-state index < -0.39 is 8.80 Å². The van der Waals surface area contributed by atoms with E-state index in [-0.39, 0.29) is 12.4 Å². The van der Waals surface area contributed by atoms with Crippen LogP contribution in [0.2, 0.25) is 6.04 Å². The highest BCUT2D eigenvalue weighted by atomic mass is 35.5. The molecule has 1 aliphatic heterocycles. The molecule has 0 bridgehead atoms. The molecule has 124 valence electrons. The van der Waals surface area contributed by atoms with E-state index in [1.165, 1.54) is 0 Å². The van der Waals surface area contributed by atoms with Crippen molar-refractivity contribution in [3.8, 4) is 0 Å². The Morgan fingerprint density at radius 3 is 2.19 bits per heavy atom. The zero-order valence-electron chi connectivity index (χ0n) is 13.5. The van der Waals surface area contributed by atoms with Crippen molar-refractivity contribution in [3.63, 3.8) is 0 Å². The maximum Gasteiger partial charge on any atom is 0.501 e. The van der Waals surface area contributed by atoms with Crippen molar-refractivity contribution in [1.82, 2.24) is 4.90 Å². The van der Waals surface area contributed by atoms with Crippen molar-refractivity contribution in [2.75, 3.05) is 39.5 Å². The zero-order chi connectivity index (χ0) is 14.8. The minimum absolute atomic E-state index is 0. The summed E-state index contributed by atoms with van der Waals surface area (Å²) in [6.07, 6.45) is 5.01. The van der Waals surface area contributed by atoms with Gasteiger partial charge in [0.25, 0.3) is 0 Å². The molecule has 0 aliphatic carbocycles. The Bertz CT molecular complexity index is 312. The summed E-state index contributed by atoms with van der Waals surface area (Å²) >= 11 is 0. The third-order valence-electron chi connectivity index (χ3n) is 3.21. The lowest BCUT2D eigenvalue weighted by Crippen LogP contribution is -3.00. The van der Waals surface area contributed by atoms with E-state index in [0.717, 1.165) is 32.1 Å². The molecule has 0 amide bonds. The molecule has 0 unspecified atom stereocenters. The average Bonchev–Trinajstić information content (AvgIpc) is 2.88. The van der Waals surface area contributed by atoms with Gasteiger partial charge in [0.2, 0.25) is 6.34 Å². The van der Waals surface area contributed by atoms with Crippen LogP contribution in [0.15, 0.2) is 12.8 Å². The molecule has 21 heavy (non-hydrogen) atoms. The fourth-order valence-electron chi connectivity index (χ4n) is 2.38. The van der Waals surface area contributed by atoms with E-state index in [1.807, 2.05) is 27.0 Å². The topological polar surface area (TPSA) is 33.9 Å². The van der Waals surface area contributed by atoms with Crippen molar-refractivity contribution in [2.24, 2.45) is 0 Å². The Kier molecular flexibility index (Phi) is 11.0. The molecule has 1 heterocycles. The van der Waals surface area contributed by atoms with Gasteiger partial charge < -0.3 is 25.7 Å². The summed E-state index contributed by atoms with van der Waals surface area (Å²) in [6.45, 7) is 14.8. The third kappa shape index (κ3) is 6.93. The maximum absolute atomic E-state index is 5.86. The molecular weight excluding hydrogens is 308 g/mol. The van der Waals surface area contributed by atoms with Gasteiger partial charge in [0.05, 0.1) is 12.7 Å². The molecule has 0 saturated heterocycles. The smallest absolute Gasteiger partial charge is 0.501 e. The summed E-state index contributed by atoms with van der Waals surface area (Å²) in [6, 6.07) is 0.876. The van der Waals surface area contributed by atoms with Gasteiger partial charge in [-0.2, -0.15) is 0 Å². The van der Waals surface area contributed by atoms with Crippen molar-refractivity contribution in [3.05, 3.63) is 12.8 Å². The summed E-state index contributed by atoms with van der Waals surface area (Å²) in [5, 5.41) is 0. The highest BCUT2D eigenvalue weighted by molar-refractivity contribution is 6.60. The average molecular weight is 337 g/mol. The highest BCUT2D eigenvalue weighted by Gasteiger charge is 2.40. The molecule has 0 aromatic rings. The molecule has 0 radical (unpaired) electrons. The molecule has 0 saturated carbocycles. The molecule has 0 aromatic carbocycles. The van der Waals surface area contributed by atoms with Crippen molar-refractivity contribution < 1.29 is 30.3 Å². The second kappa shape index (κ2) is 11.2. The fourth-order valence-corrected chi connectivity index (χ4v) is 4.97. The molecule has 0 atom stereocenters. The van der Waals surface area contributed by atoms with Crippen LogP contribution in [0.1, 0.15) is 27.2 Å². The van der Waals surface area contributed by atoms with Crippen LogP contribution in [0.25, 0.3) is 0 Å². The van der Waals surface area contributed by atoms with Gasteiger partial charge in [0.15, 0.2) is 0 Å². The van der Waals surface area contributed by atoms with E-state index in [1.54, 1.807) is 0 Å². The van der Waals surface area contributed by atoms with Gasteiger partial charge in [0.1, 0.15) is 13.1 Å². The van der Waals surface area contributed by atoms with Crippen LogP contribution >= 0.6 is 0 Å². The van der Waals surface area contributed by atoms with Crippen LogP contribution < -0.4 is 12.4 Å². The normalized spacial score (nSPS) is 14.8. The Morgan fingerprint density at radius 1 is 1.19 bits per heavy atom. The van der Waals surface area contributed by atoms with Gasteiger partial charge in [-0.1, -0.05) is 6.58 Å². The van der Waals surface area contributed by atoms with Gasteiger partial charge in [-0.05, 0) is 27.2 Å². The fraction of sp³-hybridized carbons (Fsp3) is 0.786. The number of hydrogen-bond donors (Lipinski definition) is 0. The SMILES string of the molecule is C=CN1C=[N+](CCC[Si](OCC)(OCC)OCC)CC1.[Cl-]. The molecule has 1 rings (SSSR count). The lowest BCUT2D eigenvalue weighted by atomic mass is 10.4. The summed E-state index contributed by atoms with van der Waals surface area (Å²) in [4.78, 5) is 2.11. The van der Waals surface area contributed by atoms with Crippen molar-refractivity contribution in [2.45, 2.75) is 33.2 Å². The van der Waals surface area contributed by atoms with Crippen LogP contribution in [0.3, 0.4) is 0 Å². The molecule has 0 aromatic heterocycles. The largest absolute Gasteiger partial charge is 1.00 e. The zero-order valence-corrected chi connectivity index (χ0v) is 15.3. The molecule has 0 N–H and O–H groups in total. The van der Waals surface area contributed by atoms with Crippen molar-refractivity contribution in [1.29, 1.82) is 0 Å². The highest BCUT2D eigenvalue weighted by Crippen LogP contribution is 2.18. The number of rotatable bonds is 11. The summed E-state index contributed by atoms with van der Waals surface area (Å²) in [5.41, 5.74) is 0. The van der Waals surface area contributed by atoms with Crippen LogP contribution in [0.5, 0.6) is 0 Å². The summed E-state index contributed by atoms with van der Waals surface area (Å²) in [5.74, 6) is 0. The van der Waals surface area contributed by atoms with Gasteiger partial charge in [0, 0.05) is 25.9 Å². The minimum Gasteiger partial charge on any atom is -1.00 e.